The van der Waals surface area contributed by atoms with Gasteiger partial charge in [0.2, 0.25) is 0 Å². The maximum Gasteiger partial charge on any atom is 0.430 e. The molecular weight excluding hydrogens is 282 g/mol. The van der Waals surface area contributed by atoms with Gasteiger partial charge in [-0.05, 0) is 11.6 Å². The van der Waals surface area contributed by atoms with Crippen LogP contribution in [0.25, 0.3) is 10.4 Å². The second-order valence-corrected chi connectivity index (χ2v) is 3.33. The molecule has 0 saturated carbocycles. The lowest BCUT2D eigenvalue weighted by atomic mass is 9.93. The number of hydrogen-bond acceptors (Lipinski definition) is 3. The summed E-state index contributed by atoms with van der Waals surface area (Å²) in [5.41, 5.74) is 0.791. The lowest BCUT2D eigenvalue weighted by Crippen LogP contribution is -2.53. The van der Waals surface area contributed by atoms with E-state index < -0.39 is 29.2 Å². The number of azide groups is 1. The molecule has 0 unspecified atom stereocenters. The highest BCUT2D eigenvalue weighted by Crippen LogP contribution is 2.50. The van der Waals surface area contributed by atoms with E-state index in [0.717, 1.165) is 6.20 Å². The largest absolute Gasteiger partial charge is 0.430 e. The molecule has 104 valence electrons. The molecule has 19 heavy (non-hydrogen) atoms. The summed E-state index contributed by atoms with van der Waals surface area (Å²) in [4.78, 5) is 5.27. The van der Waals surface area contributed by atoms with Crippen molar-refractivity contribution in [2.24, 2.45) is 5.11 Å². The second-order valence-electron chi connectivity index (χ2n) is 3.33. The quantitative estimate of drug-likeness (QED) is 0.391. The molecule has 11 heteroatoms. The summed E-state index contributed by atoms with van der Waals surface area (Å²) in [6.45, 7) is 0. The van der Waals surface area contributed by atoms with E-state index in [4.69, 9.17) is 10.6 Å². The van der Waals surface area contributed by atoms with Crippen molar-refractivity contribution in [1.82, 2.24) is 4.98 Å². The predicted molar refractivity (Wildman–Crippen MR) is 49.0 cm³/mol. The molecule has 0 spiro atoms. The van der Waals surface area contributed by atoms with Crippen LogP contribution in [0.5, 0.6) is 0 Å². The molecule has 1 aromatic rings. The van der Waals surface area contributed by atoms with Crippen LogP contribution in [0.1, 0.15) is 5.56 Å². The third-order valence-corrected chi connectivity index (χ3v) is 2.12. The molecule has 1 rings (SSSR count). The van der Waals surface area contributed by atoms with Crippen molar-refractivity contribution in [2.75, 3.05) is 0 Å². The molecule has 0 aromatic carbocycles. The minimum absolute atomic E-state index is 0.192. The molecule has 0 aliphatic heterocycles. The van der Waals surface area contributed by atoms with Crippen LogP contribution in [-0.4, -0.2) is 22.4 Å². The first-order valence-corrected chi connectivity index (χ1v) is 4.40. The van der Waals surface area contributed by atoms with E-state index in [1.807, 2.05) is 0 Å². The Morgan fingerprint density at radius 2 is 1.63 bits per heavy atom. The van der Waals surface area contributed by atoms with Crippen LogP contribution >= 0.6 is 0 Å². The maximum atomic E-state index is 12.5. The summed E-state index contributed by atoms with van der Waals surface area (Å²) in [5.74, 6) is 0. The summed E-state index contributed by atoms with van der Waals surface area (Å²) in [6, 6.07) is 0.258. The van der Waals surface area contributed by atoms with E-state index >= 15 is 0 Å². The number of halogens is 6. The van der Waals surface area contributed by atoms with Crippen molar-refractivity contribution in [1.29, 1.82) is 0 Å². The van der Waals surface area contributed by atoms with Crippen LogP contribution in [0.2, 0.25) is 0 Å². The lowest BCUT2D eigenvalue weighted by molar-refractivity contribution is -0.376. The molecular formula is C8H4F6N4O. The van der Waals surface area contributed by atoms with E-state index in [1.54, 1.807) is 0 Å². The Hall–Kier alpha value is -2.00. The number of alkyl halides is 6. The molecule has 0 bridgehead atoms. The molecule has 0 saturated heterocycles. The Balaban J connectivity index is 3.51. The first-order chi connectivity index (χ1) is 8.54. The summed E-state index contributed by atoms with van der Waals surface area (Å²) in [6.07, 6.45) is -11.1. The zero-order chi connectivity index (χ0) is 14.9. The molecule has 0 atom stereocenters. The van der Waals surface area contributed by atoms with Gasteiger partial charge < -0.3 is 5.11 Å². The molecule has 1 aromatic heterocycles. The van der Waals surface area contributed by atoms with Gasteiger partial charge in [0, 0.05) is 22.9 Å². The summed E-state index contributed by atoms with van der Waals surface area (Å²) in [5, 5.41) is 11.8. The fourth-order valence-electron chi connectivity index (χ4n) is 1.22. The topological polar surface area (TPSA) is 81.9 Å². The molecule has 1 heterocycles. The lowest BCUT2D eigenvalue weighted by Gasteiger charge is -2.32. The Bertz CT molecular complexity index is 505. The average molecular weight is 286 g/mol. The van der Waals surface area contributed by atoms with Gasteiger partial charge in [0.05, 0.1) is 5.69 Å². The number of aliphatic hydroxyl groups is 1. The van der Waals surface area contributed by atoms with E-state index in [2.05, 4.69) is 15.0 Å². The van der Waals surface area contributed by atoms with Crippen molar-refractivity contribution in [3.05, 3.63) is 34.5 Å². The molecule has 5 nitrogen and oxygen atoms in total. The second kappa shape index (κ2) is 4.59. The Morgan fingerprint density at radius 1 is 1.11 bits per heavy atom. The summed E-state index contributed by atoms with van der Waals surface area (Å²) in [7, 11) is 0. The van der Waals surface area contributed by atoms with Crippen LogP contribution in [0, 0.1) is 0 Å². The van der Waals surface area contributed by atoms with Gasteiger partial charge in [0.25, 0.3) is 5.60 Å². The predicted octanol–water partition coefficient (Wildman–Crippen LogP) is 3.34. The smallest absolute Gasteiger partial charge is 0.369 e. The maximum absolute atomic E-state index is 12.5. The number of aromatic nitrogens is 1. The number of rotatable bonds is 2. The minimum atomic E-state index is -6.01. The molecule has 0 aliphatic carbocycles. The van der Waals surface area contributed by atoms with Crippen LogP contribution in [0.15, 0.2) is 23.6 Å². The monoisotopic (exact) mass is 286 g/mol. The molecule has 0 fully saturated rings. The van der Waals surface area contributed by atoms with Crippen LogP contribution < -0.4 is 0 Å². The van der Waals surface area contributed by atoms with Crippen molar-refractivity contribution in [3.8, 4) is 0 Å². The fraction of sp³-hybridized carbons (Fsp3) is 0.375. The average Bonchev–Trinajstić information content (AvgIpc) is 2.25. The third-order valence-electron chi connectivity index (χ3n) is 2.12. The third kappa shape index (κ3) is 2.56. The number of hydrogen-bond donors (Lipinski definition) is 1. The molecule has 0 aliphatic rings. The Labute approximate surface area is 101 Å². The van der Waals surface area contributed by atoms with Crippen molar-refractivity contribution in [3.63, 3.8) is 0 Å². The van der Waals surface area contributed by atoms with Crippen molar-refractivity contribution < 1.29 is 31.4 Å². The van der Waals surface area contributed by atoms with Gasteiger partial charge in [0.1, 0.15) is 0 Å². The van der Waals surface area contributed by atoms with Crippen LogP contribution in [-0.2, 0) is 5.60 Å². The highest BCUT2D eigenvalue weighted by atomic mass is 19.4. The molecule has 1 N–H and O–H groups in total. The van der Waals surface area contributed by atoms with Crippen molar-refractivity contribution in [2.45, 2.75) is 18.0 Å². The van der Waals surface area contributed by atoms with E-state index in [0.29, 0.717) is 0 Å². The van der Waals surface area contributed by atoms with Gasteiger partial charge >= 0.3 is 12.4 Å². The van der Waals surface area contributed by atoms with Gasteiger partial charge in [-0.1, -0.05) is 5.11 Å². The number of nitrogens with zero attached hydrogens (tertiary/aromatic N) is 4. The first-order valence-electron chi connectivity index (χ1n) is 4.40. The summed E-state index contributed by atoms with van der Waals surface area (Å²) < 4.78 is 75.0. The van der Waals surface area contributed by atoms with Crippen LogP contribution in [0.3, 0.4) is 0 Å². The SMILES string of the molecule is [N-]=[N+]=Nc1cncc(C(O)(C(F)(F)F)C(F)(F)F)c1. The normalized spacial score (nSPS) is 13.0. The van der Waals surface area contributed by atoms with Gasteiger partial charge in [-0.3, -0.25) is 4.98 Å². The molecule has 0 radical (unpaired) electrons. The van der Waals surface area contributed by atoms with Gasteiger partial charge in [0.15, 0.2) is 0 Å². The number of pyridine rings is 1. The van der Waals surface area contributed by atoms with Crippen molar-refractivity contribution >= 4 is 5.69 Å². The van der Waals surface area contributed by atoms with Gasteiger partial charge in [-0.15, -0.1) is 0 Å². The first kappa shape index (κ1) is 15.1. The highest BCUT2D eigenvalue weighted by Gasteiger charge is 2.71. The van der Waals surface area contributed by atoms with E-state index in [9.17, 15) is 26.3 Å². The highest BCUT2D eigenvalue weighted by molar-refractivity contribution is 5.39. The van der Waals surface area contributed by atoms with Crippen LogP contribution in [0.4, 0.5) is 32.0 Å². The fourth-order valence-corrected chi connectivity index (χ4v) is 1.22. The Kier molecular flexibility index (Phi) is 3.64. The zero-order valence-electron chi connectivity index (χ0n) is 8.74. The zero-order valence-corrected chi connectivity index (χ0v) is 8.74. The molecule has 0 amide bonds. The van der Waals surface area contributed by atoms with E-state index in [-0.39, 0.29) is 12.3 Å². The standard InChI is InChI=1S/C8H4F6N4O/c9-7(10,11)6(19,8(12,13)14)4-1-5(17-18-15)3-16-2-4/h1-3,19H. The summed E-state index contributed by atoms with van der Waals surface area (Å²) >= 11 is 0. The van der Waals surface area contributed by atoms with Gasteiger partial charge in [-0.2, -0.15) is 26.3 Å². The van der Waals surface area contributed by atoms with Gasteiger partial charge in [-0.25, -0.2) is 0 Å². The van der Waals surface area contributed by atoms with E-state index in [1.165, 1.54) is 0 Å². The minimum Gasteiger partial charge on any atom is -0.369 e. The Morgan fingerprint density at radius 3 is 2.05 bits per heavy atom.